The van der Waals surface area contributed by atoms with Crippen LogP contribution < -0.4 is 15.4 Å². The fourth-order valence-corrected chi connectivity index (χ4v) is 3.29. The van der Waals surface area contributed by atoms with Crippen molar-refractivity contribution in [2.45, 2.75) is 6.04 Å². The van der Waals surface area contributed by atoms with Gasteiger partial charge >= 0.3 is 0 Å². The first kappa shape index (κ1) is 18.2. The molecule has 2 aromatic rings. The van der Waals surface area contributed by atoms with Crippen molar-refractivity contribution in [3.63, 3.8) is 0 Å². The Balaban J connectivity index is 1.56. The number of benzene rings is 2. The number of ether oxygens (including phenoxy) is 1. The quantitative estimate of drug-likeness (QED) is 0.632. The van der Waals surface area contributed by atoms with Crippen molar-refractivity contribution in [2.24, 2.45) is 5.73 Å². The van der Waals surface area contributed by atoms with Gasteiger partial charge in [0, 0.05) is 50.9 Å². The minimum Gasteiger partial charge on any atom is -0.495 e. The lowest BCUT2D eigenvalue weighted by atomic mass is 10.1. The third-order valence-electron chi connectivity index (χ3n) is 4.79. The lowest BCUT2D eigenvalue weighted by molar-refractivity contribution is -0.384. The third kappa shape index (κ3) is 4.12. The smallest absolute Gasteiger partial charge is 0.269 e. The summed E-state index contributed by atoms with van der Waals surface area (Å²) >= 11 is 0. The van der Waals surface area contributed by atoms with Gasteiger partial charge in [-0.05, 0) is 17.7 Å². The van der Waals surface area contributed by atoms with Crippen LogP contribution in [0.4, 0.5) is 11.4 Å². The Labute approximate surface area is 153 Å². The molecule has 2 N–H and O–H groups in total. The number of para-hydroxylation sites is 2. The second-order valence-electron chi connectivity index (χ2n) is 6.41. The van der Waals surface area contributed by atoms with Crippen LogP contribution in [-0.4, -0.2) is 49.7 Å². The molecule has 1 unspecified atom stereocenters. The summed E-state index contributed by atoms with van der Waals surface area (Å²) in [6.07, 6.45) is 0. The van der Waals surface area contributed by atoms with E-state index in [-0.39, 0.29) is 11.7 Å². The Hall–Kier alpha value is -2.64. The zero-order chi connectivity index (χ0) is 18.5. The molecule has 138 valence electrons. The number of nitrogens with zero attached hydrogens (tertiary/aromatic N) is 3. The van der Waals surface area contributed by atoms with Crippen molar-refractivity contribution in [3.05, 3.63) is 64.2 Å². The number of rotatable bonds is 6. The van der Waals surface area contributed by atoms with Gasteiger partial charge in [-0.1, -0.05) is 24.3 Å². The Morgan fingerprint density at radius 2 is 1.77 bits per heavy atom. The summed E-state index contributed by atoms with van der Waals surface area (Å²) in [5.74, 6) is 0.892. The molecule has 0 amide bonds. The van der Waals surface area contributed by atoms with Crippen LogP contribution in [0.3, 0.4) is 0 Å². The molecule has 0 aromatic heterocycles. The van der Waals surface area contributed by atoms with Crippen molar-refractivity contribution < 1.29 is 9.66 Å². The molecular weight excluding hydrogens is 332 g/mol. The van der Waals surface area contributed by atoms with E-state index in [1.165, 1.54) is 12.1 Å². The lowest BCUT2D eigenvalue weighted by Gasteiger charge is -2.37. The highest BCUT2D eigenvalue weighted by Gasteiger charge is 2.21. The Bertz CT molecular complexity index is 743. The molecule has 1 aliphatic heterocycles. The molecule has 3 rings (SSSR count). The molecule has 7 nitrogen and oxygen atoms in total. The molecule has 26 heavy (non-hydrogen) atoms. The van der Waals surface area contributed by atoms with Crippen molar-refractivity contribution in [1.82, 2.24) is 4.90 Å². The summed E-state index contributed by atoms with van der Waals surface area (Å²) in [5, 5.41) is 10.7. The van der Waals surface area contributed by atoms with E-state index >= 15 is 0 Å². The zero-order valence-electron chi connectivity index (χ0n) is 14.9. The van der Waals surface area contributed by atoms with E-state index in [0.29, 0.717) is 0 Å². The van der Waals surface area contributed by atoms with Crippen LogP contribution in [0.1, 0.15) is 11.6 Å². The van der Waals surface area contributed by atoms with Gasteiger partial charge in [-0.3, -0.25) is 15.0 Å². The Kier molecular flexibility index (Phi) is 5.70. The number of anilines is 1. The van der Waals surface area contributed by atoms with Gasteiger partial charge in [-0.2, -0.15) is 0 Å². The highest BCUT2D eigenvalue weighted by atomic mass is 16.6. The van der Waals surface area contributed by atoms with Gasteiger partial charge in [0.25, 0.3) is 5.69 Å². The number of nitro benzene ring substituents is 1. The number of nitrogens with two attached hydrogens (primary N) is 1. The molecule has 1 fully saturated rings. The average molecular weight is 356 g/mol. The van der Waals surface area contributed by atoms with Crippen LogP contribution in [0.5, 0.6) is 5.75 Å². The van der Waals surface area contributed by atoms with Gasteiger partial charge in [0.1, 0.15) is 5.75 Å². The maximum Gasteiger partial charge on any atom is 0.269 e. The predicted molar refractivity (Wildman–Crippen MR) is 102 cm³/mol. The van der Waals surface area contributed by atoms with Crippen LogP contribution in [0, 0.1) is 10.1 Å². The van der Waals surface area contributed by atoms with Crippen LogP contribution in [0.2, 0.25) is 0 Å². The molecule has 1 saturated heterocycles. The Morgan fingerprint density at radius 1 is 1.12 bits per heavy atom. The monoisotopic (exact) mass is 356 g/mol. The molecule has 0 radical (unpaired) electrons. The van der Waals surface area contributed by atoms with Gasteiger partial charge in [0.2, 0.25) is 0 Å². The molecule has 2 aromatic carbocycles. The van der Waals surface area contributed by atoms with E-state index in [2.05, 4.69) is 15.9 Å². The van der Waals surface area contributed by atoms with Gasteiger partial charge in [0.05, 0.1) is 17.7 Å². The van der Waals surface area contributed by atoms with Gasteiger partial charge in [-0.15, -0.1) is 0 Å². The van der Waals surface area contributed by atoms with Crippen LogP contribution in [0.15, 0.2) is 48.5 Å². The Morgan fingerprint density at radius 3 is 2.38 bits per heavy atom. The minimum absolute atomic E-state index is 0.0892. The summed E-state index contributed by atoms with van der Waals surface area (Å²) in [7, 11) is 1.69. The average Bonchev–Trinajstić information content (AvgIpc) is 2.68. The van der Waals surface area contributed by atoms with E-state index in [1.807, 2.05) is 18.2 Å². The van der Waals surface area contributed by atoms with Crippen LogP contribution in [-0.2, 0) is 0 Å². The van der Waals surface area contributed by atoms with Crippen molar-refractivity contribution >= 4 is 11.4 Å². The summed E-state index contributed by atoms with van der Waals surface area (Å²) < 4.78 is 5.45. The maximum atomic E-state index is 10.7. The van der Waals surface area contributed by atoms with E-state index < -0.39 is 4.92 Å². The minimum atomic E-state index is -0.396. The van der Waals surface area contributed by atoms with Crippen LogP contribution in [0.25, 0.3) is 0 Å². The largest absolute Gasteiger partial charge is 0.495 e. The number of nitro groups is 1. The molecule has 1 heterocycles. The number of hydrogen-bond acceptors (Lipinski definition) is 6. The number of non-ortho nitro benzene ring substituents is 1. The summed E-state index contributed by atoms with van der Waals surface area (Å²) in [4.78, 5) is 15.0. The summed E-state index contributed by atoms with van der Waals surface area (Å²) in [5.41, 5.74) is 8.43. The van der Waals surface area contributed by atoms with Gasteiger partial charge in [0.15, 0.2) is 0 Å². The van der Waals surface area contributed by atoms with E-state index in [1.54, 1.807) is 19.2 Å². The SMILES string of the molecule is COc1ccccc1N1CCN(CC(N)c2ccc([N+](=O)[O-])cc2)CC1. The first-order valence-electron chi connectivity index (χ1n) is 8.68. The maximum absolute atomic E-state index is 10.7. The molecular formula is C19H24N4O3. The predicted octanol–water partition coefficient (Wildman–Crippen LogP) is 2.43. The first-order valence-corrected chi connectivity index (χ1v) is 8.68. The van der Waals surface area contributed by atoms with E-state index in [0.717, 1.165) is 49.7 Å². The highest BCUT2D eigenvalue weighted by Crippen LogP contribution is 2.28. The molecule has 0 bridgehead atoms. The fraction of sp³-hybridized carbons (Fsp3) is 0.368. The normalized spacial score (nSPS) is 16.3. The summed E-state index contributed by atoms with van der Waals surface area (Å²) in [6, 6.07) is 14.4. The fourth-order valence-electron chi connectivity index (χ4n) is 3.29. The van der Waals surface area contributed by atoms with Crippen molar-refractivity contribution in [1.29, 1.82) is 0 Å². The molecule has 0 saturated carbocycles. The second kappa shape index (κ2) is 8.16. The first-order chi connectivity index (χ1) is 12.6. The van der Waals surface area contributed by atoms with Gasteiger partial charge in [-0.25, -0.2) is 0 Å². The number of piperazine rings is 1. The van der Waals surface area contributed by atoms with Crippen molar-refractivity contribution in [3.8, 4) is 5.75 Å². The van der Waals surface area contributed by atoms with E-state index in [4.69, 9.17) is 10.5 Å². The molecule has 1 aliphatic rings. The molecule has 1 atom stereocenters. The molecule has 0 aliphatic carbocycles. The lowest BCUT2D eigenvalue weighted by Crippen LogP contribution is -2.48. The third-order valence-corrected chi connectivity index (χ3v) is 4.79. The number of hydrogen-bond donors (Lipinski definition) is 1. The second-order valence-corrected chi connectivity index (χ2v) is 6.41. The topological polar surface area (TPSA) is 84.9 Å². The van der Waals surface area contributed by atoms with Crippen molar-refractivity contribution in [2.75, 3.05) is 44.7 Å². The molecule has 7 heteroatoms. The summed E-state index contributed by atoms with van der Waals surface area (Å²) in [6.45, 7) is 4.38. The zero-order valence-corrected chi connectivity index (χ0v) is 14.9. The van der Waals surface area contributed by atoms with E-state index in [9.17, 15) is 10.1 Å². The van der Waals surface area contributed by atoms with Gasteiger partial charge < -0.3 is 15.4 Å². The standard InChI is InChI=1S/C19H24N4O3/c1-26-19-5-3-2-4-18(19)22-12-10-21(11-13-22)14-17(20)15-6-8-16(9-7-15)23(24)25/h2-9,17H,10-14,20H2,1H3. The number of methoxy groups -OCH3 is 1. The van der Waals surface area contributed by atoms with Crippen LogP contribution >= 0.6 is 0 Å². The molecule has 0 spiro atoms. The highest BCUT2D eigenvalue weighted by molar-refractivity contribution is 5.58.